The summed E-state index contributed by atoms with van der Waals surface area (Å²) in [4.78, 5) is 34.8. The van der Waals surface area contributed by atoms with Crippen LogP contribution in [0.15, 0.2) is 88.8 Å². The van der Waals surface area contributed by atoms with Crippen molar-refractivity contribution in [2.24, 2.45) is 7.05 Å². The van der Waals surface area contributed by atoms with E-state index in [4.69, 9.17) is 4.98 Å². The lowest BCUT2D eigenvalue weighted by molar-refractivity contribution is -0.115. The smallest absolute Gasteiger partial charge is 0.295 e. The third-order valence-electron chi connectivity index (χ3n) is 6.81. The Morgan fingerprint density at radius 2 is 1.49 bits per heavy atom. The quantitative estimate of drug-likeness (QED) is 0.239. The zero-order chi connectivity index (χ0) is 27.7. The van der Waals surface area contributed by atoms with Crippen LogP contribution >= 0.6 is 11.8 Å². The highest BCUT2D eigenvalue weighted by Crippen LogP contribution is 2.34. The number of thioether (sulfide) groups is 1. The van der Waals surface area contributed by atoms with Crippen LogP contribution in [0.4, 0.5) is 5.69 Å². The Balaban J connectivity index is 1.41. The third-order valence-corrected chi connectivity index (χ3v) is 7.79. The van der Waals surface area contributed by atoms with Crippen LogP contribution in [0.5, 0.6) is 0 Å². The second-order valence-electron chi connectivity index (χ2n) is 9.68. The molecule has 0 spiro atoms. The summed E-state index contributed by atoms with van der Waals surface area (Å²) in [6.07, 6.45) is 0. The third kappa shape index (κ3) is 5.33. The van der Waals surface area contributed by atoms with Gasteiger partial charge in [-0.05, 0) is 39.8 Å². The first-order chi connectivity index (χ1) is 18.7. The maximum Gasteiger partial charge on any atom is 0.295 e. The highest BCUT2D eigenvalue weighted by atomic mass is 32.2. The molecule has 1 amide bonds. The van der Waals surface area contributed by atoms with Crippen molar-refractivity contribution in [2.75, 3.05) is 5.32 Å². The minimum absolute atomic E-state index is 0.267. The number of nitrogens with zero attached hydrogens (tertiary/aromatic N) is 3. The fourth-order valence-electron chi connectivity index (χ4n) is 4.41. The number of imidazole rings is 1. The molecule has 0 saturated carbocycles. The second-order valence-corrected chi connectivity index (χ2v) is 11.0. The lowest BCUT2D eigenvalue weighted by Gasteiger charge is -2.09. The van der Waals surface area contributed by atoms with Gasteiger partial charge in [-0.15, -0.1) is 0 Å². The molecule has 5 aromatic rings. The molecule has 2 N–H and O–H groups in total. The normalized spacial score (nSPS) is 11.9. The van der Waals surface area contributed by atoms with Crippen LogP contribution in [-0.4, -0.2) is 30.5 Å². The molecular weight excluding hydrogens is 506 g/mol. The SMILES string of the molecule is Cc1ccc(-c2nc(SC(C)C(=O)Nc3c(C)n(C)n(-c4ccccc4)c3=O)[nH]c2-c2ccc(C)cc2)cc1. The van der Waals surface area contributed by atoms with Gasteiger partial charge < -0.3 is 10.3 Å². The first kappa shape index (κ1) is 26.3. The summed E-state index contributed by atoms with van der Waals surface area (Å²) in [6, 6.07) is 25.9. The fourth-order valence-corrected chi connectivity index (χ4v) is 5.22. The first-order valence-corrected chi connectivity index (χ1v) is 13.7. The Hall–Kier alpha value is -4.30. The minimum atomic E-state index is -0.503. The number of hydrogen-bond acceptors (Lipinski definition) is 4. The van der Waals surface area contributed by atoms with Gasteiger partial charge in [-0.25, -0.2) is 9.67 Å². The number of amides is 1. The van der Waals surface area contributed by atoms with E-state index in [1.54, 1.807) is 16.4 Å². The summed E-state index contributed by atoms with van der Waals surface area (Å²) in [5, 5.41) is 3.00. The number of hydrogen-bond donors (Lipinski definition) is 2. The number of aromatic amines is 1. The van der Waals surface area contributed by atoms with E-state index in [9.17, 15) is 9.59 Å². The predicted molar refractivity (Wildman–Crippen MR) is 159 cm³/mol. The number of carbonyl (C=O) groups excluding carboxylic acids is 1. The maximum atomic E-state index is 13.3. The largest absolute Gasteiger partial charge is 0.332 e. The topological polar surface area (TPSA) is 84.7 Å². The van der Waals surface area contributed by atoms with Crippen molar-refractivity contribution in [2.45, 2.75) is 38.1 Å². The van der Waals surface area contributed by atoms with E-state index in [0.29, 0.717) is 10.9 Å². The Morgan fingerprint density at radius 1 is 0.897 bits per heavy atom. The molecule has 0 bridgehead atoms. The van der Waals surface area contributed by atoms with E-state index in [2.05, 4.69) is 72.7 Å². The Kier molecular flexibility index (Phi) is 7.30. The molecule has 2 heterocycles. The molecule has 0 radical (unpaired) electrons. The van der Waals surface area contributed by atoms with Crippen LogP contribution in [-0.2, 0) is 11.8 Å². The van der Waals surface area contributed by atoms with Crippen LogP contribution in [0.3, 0.4) is 0 Å². The number of anilines is 1. The number of benzene rings is 3. The summed E-state index contributed by atoms with van der Waals surface area (Å²) in [5.41, 5.74) is 7.52. The lowest BCUT2D eigenvalue weighted by atomic mass is 10.0. The number of carbonyl (C=O) groups is 1. The number of aromatic nitrogens is 4. The lowest BCUT2D eigenvalue weighted by Crippen LogP contribution is -2.27. The van der Waals surface area contributed by atoms with Crippen molar-refractivity contribution in [3.8, 4) is 28.2 Å². The molecular formula is C31H31N5O2S. The number of para-hydroxylation sites is 1. The van der Waals surface area contributed by atoms with Gasteiger partial charge in [0.25, 0.3) is 5.56 Å². The molecule has 8 heteroatoms. The van der Waals surface area contributed by atoms with E-state index in [1.807, 2.05) is 44.2 Å². The zero-order valence-corrected chi connectivity index (χ0v) is 23.5. The Bertz CT molecular complexity index is 1620. The fraction of sp³-hybridized carbons (Fsp3) is 0.194. The van der Waals surface area contributed by atoms with Gasteiger partial charge in [0.1, 0.15) is 5.69 Å². The minimum Gasteiger partial charge on any atom is -0.332 e. The Labute approximate surface area is 231 Å². The van der Waals surface area contributed by atoms with Gasteiger partial charge in [-0.2, -0.15) is 0 Å². The highest BCUT2D eigenvalue weighted by Gasteiger charge is 2.23. The molecule has 0 fully saturated rings. The summed E-state index contributed by atoms with van der Waals surface area (Å²) in [6.45, 7) is 7.75. The molecule has 0 aliphatic carbocycles. The van der Waals surface area contributed by atoms with Gasteiger partial charge in [0.05, 0.1) is 28.0 Å². The first-order valence-electron chi connectivity index (χ1n) is 12.8. The van der Waals surface area contributed by atoms with Crippen LogP contribution < -0.4 is 10.9 Å². The standard InChI is InChI=1S/C31H31N5O2S/c1-19-11-15-23(16-12-19)27-28(24-17-13-20(2)14-18-24)34-31(33-27)39-22(4)29(37)32-26-21(3)35(5)36(30(26)38)25-9-7-6-8-10-25/h6-18,22H,1-5H3,(H,32,37)(H,33,34). The average molecular weight is 538 g/mol. The molecule has 7 nitrogen and oxygen atoms in total. The van der Waals surface area contributed by atoms with E-state index >= 15 is 0 Å². The molecule has 3 aromatic carbocycles. The van der Waals surface area contributed by atoms with Gasteiger partial charge in [0.15, 0.2) is 5.16 Å². The number of rotatable bonds is 7. The number of H-pyrrole nitrogens is 1. The zero-order valence-electron chi connectivity index (χ0n) is 22.6. The monoisotopic (exact) mass is 537 g/mol. The van der Waals surface area contributed by atoms with Gasteiger partial charge in [-0.3, -0.25) is 14.3 Å². The molecule has 1 atom stereocenters. The van der Waals surface area contributed by atoms with Crippen molar-refractivity contribution in [3.63, 3.8) is 0 Å². The number of nitrogens with one attached hydrogen (secondary N) is 2. The summed E-state index contributed by atoms with van der Waals surface area (Å²) in [5.74, 6) is -0.267. The molecule has 2 aromatic heterocycles. The highest BCUT2D eigenvalue weighted by molar-refractivity contribution is 8.00. The molecule has 1 unspecified atom stereocenters. The van der Waals surface area contributed by atoms with Crippen molar-refractivity contribution < 1.29 is 4.79 Å². The molecule has 5 rings (SSSR count). The van der Waals surface area contributed by atoms with E-state index < -0.39 is 5.25 Å². The molecule has 0 aliphatic heterocycles. The van der Waals surface area contributed by atoms with E-state index in [-0.39, 0.29) is 17.2 Å². The average Bonchev–Trinajstić information content (AvgIpc) is 3.44. The van der Waals surface area contributed by atoms with Crippen molar-refractivity contribution in [3.05, 3.63) is 106 Å². The second kappa shape index (κ2) is 10.8. The van der Waals surface area contributed by atoms with Crippen molar-refractivity contribution >= 4 is 23.4 Å². The van der Waals surface area contributed by atoms with Crippen LogP contribution in [0, 0.1) is 20.8 Å². The molecule has 0 aliphatic rings. The number of aryl methyl sites for hydroxylation is 2. The maximum absolute atomic E-state index is 13.3. The molecule has 198 valence electrons. The van der Waals surface area contributed by atoms with Crippen LogP contribution in [0.25, 0.3) is 28.2 Å². The van der Waals surface area contributed by atoms with Gasteiger partial charge in [-0.1, -0.05) is 89.6 Å². The van der Waals surface area contributed by atoms with Gasteiger partial charge >= 0.3 is 0 Å². The predicted octanol–water partition coefficient (Wildman–Crippen LogP) is 6.28. The summed E-state index contributed by atoms with van der Waals surface area (Å²) in [7, 11) is 1.81. The molecule has 39 heavy (non-hydrogen) atoms. The van der Waals surface area contributed by atoms with E-state index in [1.165, 1.54) is 22.9 Å². The summed E-state index contributed by atoms with van der Waals surface area (Å²) >= 11 is 1.33. The van der Waals surface area contributed by atoms with Crippen molar-refractivity contribution in [1.82, 2.24) is 19.3 Å². The van der Waals surface area contributed by atoms with Crippen molar-refractivity contribution in [1.29, 1.82) is 0 Å². The van der Waals surface area contributed by atoms with Crippen LogP contribution in [0.1, 0.15) is 23.7 Å². The summed E-state index contributed by atoms with van der Waals surface area (Å²) < 4.78 is 3.30. The van der Waals surface area contributed by atoms with Crippen LogP contribution in [0.2, 0.25) is 0 Å². The molecule has 0 saturated heterocycles. The van der Waals surface area contributed by atoms with Gasteiger partial charge in [0, 0.05) is 18.2 Å². The van der Waals surface area contributed by atoms with Gasteiger partial charge in [0.2, 0.25) is 5.91 Å². The van der Waals surface area contributed by atoms with E-state index in [0.717, 1.165) is 28.2 Å². The Morgan fingerprint density at radius 3 is 2.10 bits per heavy atom.